The number of aromatic nitrogens is 1. The van der Waals surface area contributed by atoms with Gasteiger partial charge in [0.25, 0.3) is 0 Å². The normalized spacial score (nSPS) is 14.4. The summed E-state index contributed by atoms with van der Waals surface area (Å²) in [5.74, 6) is -1.05. The summed E-state index contributed by atoms with van der Waals surface area (Å²) in [5.41, 5.74) is 0.0230. The summed E-state index contributed by atoms with van der Waals surface area (Å²) in [4.78, 5) is 27.8. The van der Waals surface area contributed by atoms with Gasteiger partial charge in [0, 0.05) is 18.5 Å². The molecule has 0 aromatic carbocycles. The van der Waals surface area contributed by atoms with Crippen molar-refractivity contribution >= 4 is 23.3 Å². The van der Waals surface area contributed by atoms with Gasteiger partial charge in [0.15, 0.2) is 5.69 Å². The molecule has 17 heavy (non-hydrogen) atoms. The van der Waals surface area contributed by atoms with Crippen LogP contribution in [0.25, 0.3) is 0 Å². The van der Waals surface area contributed by atoms with Crippen molar-refractivity contribution in [2.45, 2.75) is 25.4 Å². The highest BCUT2D eigenvalue weighted by Gasteiger charge is 2.29. The van der Waals surface area contributed by atoms with Crippen molar-refractivity contribution in [3.8, 4) is 0 Å². The zero-order valence-electron chi connectivity index (χ0n) is 9.34. The van der Waals surface area contributed by atoms with Crippen LogP contribution in [0.5, 0.6) is 0 Å². The summed E-state index contributed by atoms with van der Waals surface area (Å²) in [6, 6.07) is 0.223. The monoisotopic (exact) mass is 255 g/mol. The SMILES string of the molecule is CN(C(=O)NCc1nc(C(=O)O)cs1)C1CC1. The molecule has 1 aromatic heterocycles. The van der Waals surface area contributed by atoms with Crippen LogP contribution in [0.3, 0.4) is 0 Å². The van der Waals surface area contributed by atoms with Crippen molar-refractivity contribution in [1.82, 2.24) is 15.2 Å². The molecule has 2 amide bonds. The first kappa shape index (κ1) is 11.8. The molecular weight excluding hydrogens is 242 g/mol. The van der Waals surface area contributed by atoms with Crippen molar-refractivity contribution in [2.75, 3.05) is 7.05 Å². The van der Waals surface area contributed by atoms with E-state index >= 15 is 0 Å². The largest absolute Gasteiger partial charge is 0.476 e. The Labute approximate surface area is 102 Å². The van der Waals surface area contributed by atoms with Crippen molar-refractivity contribution in [3.63, 3.8) is 0 Å². The fourth-order valence-electron chi connectivity index (χ4n) is 1.39. The zero-order chi connectivity index (χ0) is 12.4. The first-order valence-electron chi connectivity index (χ1n) is 5.26. The second-order valence-corrected chi connectivity index (χ2v) is 4.88. The number of nitrogens with one attached hydrogen (secondary N) is 1. The van der Waals surface area contributed by atoms with Gasteiger partial charge in [-0.1, -0.05) is 0 Å². The molecule has 0 unspecified atom stereocenters. The van der Waals surface area contributed by atoms with Gasteiger partial charge >= 0.3 is 12.0 Å². The molecule has 0 saturated heterocycles. The van der Waals surface area contributed by atoms with Crippen LogP contribution in [-0.2, 0) is 6.54 Å². The van der Waals surface area contributed by atoms with Crippen LogP contribution in [-0.4, -0.2) is 40.1 Å². The number of carbonyl (C=O) groups excluding carboxylic acids is 1. The van der Waals surface area contributed by atoms with Crippen molar-refractivity contribution in [2.24, 2.45) is 0 Å². The van der Waals surface area contributed by atoms with Crippen molar-refractivity contribution in [1.29, 1.82) is 0 Å². The standard InChI is InChI=1S/C10H13N3O3S/c1-13(6-2-3-6)10(16)11-4-8-12-7(5-17-8)9(14)15/h5-6H,2-4H2,1H3,(H,11,16)(H,14,15). The lowest BCUT2D eigenvalue weighted by Gasteiger charge is -2.16. The van der Waals surface area contributed by atoms with E-state index in [1.54, 1.807) is 11.9 Å². The van der Waals surface area contributed by atoms with Gasteiger partial charge in [0.2, 0.25) is 0 Å². The number of urea groups is 1. The minimum absolute atomic E-state index is 0.0230. The van der Waals surface area contributed by atoms with Crippen LogP contribution in [0.15, 0.2) is 5.38 Å². The van der Waals surface area contributed by atoms with Gasteiger partial charge in [-0.25, -0.2) is 14.6 Å². The maximum atomic E-state index is 11.6. The number of carbonyl (C=O) groups is 2. The first-order chi connectivity index (χ1) is 8.08. The average molecular weight is 255 g/mol. The zero-order valence-corrected chi connectivity index (χ0v) is 10.2. The lowest BCUT2D eigenvalue weighted by molar-refractivity contribution is 0.0691. The third-order valence-electron chi connectivity index (χ3n) is 2.58. The maximum Gasteiger partial charge on any atom is 0.355 e. The predicted molar refractivity (Wildman–Crippen MR) is 62.1 cm³/mol. The molecule has 1 aromatic rings. The Balaban J connectivity index is 1.84. The Bertz CT molecular complexity index is 442. The number of carboxylic acids is 1. The first-order valence-corrected chi connectivity index (χ1v) is 6.14. The molecule has 0 radical (unpaired) electrons. The van der Waals surface area contributed by atoms with E-state index in [4.69, 9.17) is 5.11 Å². The van der Waals surface area contributed by atoms with E-state index in [1.807, 2.05) is 0 Å². The number of hydrogen-bond donors (Lipinski definition) is 2. The molecule has 1 saturated carbocycles. The molecule has 0 spiro atoms. The van der Waals surface area contributed by atoms with Gasteiger partial charge < -0.3 is 15.3 Å². The number of thiazole rings is 1. The lowest BCUT2D eigenvalue weighted by atomic mass is 10.5. The summed E-state index contributed by atoms with van der Waals surface area (Å²) < 4.78 is 0. The number of aromatic carboxylic acids is 1. The van der Waals surface area contributed by atoms with Crippen LogP contribution in [0.2, 0.25) is 0 Å². The number of nitrogens with zero attached hydrogens (tertiary/aromatic N) is 2. The molecular formula is C10H13N3O3S. The summed E-state index contributed by atoms with van der Waals surface area (Å²) >= 11 is 1.23. The molecule has 0 aliphatic heterocycles. The second-order valence-electron chi connectivity index (χ2n) is 3.93. The lowest BCUT2D eigenvalue weighted by Crippen LogP contribution is -2.38. The number of amides is 2. The van der Waals surface area contributed by atoms with Gasteiger partial charge in [0.1, 0.15) is 5.01 Å². The van der Waals surface area contributed by atoms with Crippen LogP contribution in [0.4, 0.5) is 4.79 Å². The van der Waals surface area contributed by atoms with Gasteiger partial charge in [-0.3, -0.25) is 0 Å². The van der Waals surface area contributed by atoms with E-state index in [9.17, 15) is 9.59 Å². The minimum atomic E-state index is -1.05. The van der Waals surface area contributed by atoms with Crippen LogP contribution < -0.4 is 5.32 Å². The van der Waals surface area contributed by atoms with E-state index in [1.165, 1.54) is 16.7 Å². The molecule has 1 aliphatic rings. The molecule has 2 rings (SSSR count). The topological polar surface area (TPSA) is 82.5 Å². The minimum Gasteiger partial charge on any atom is -0.476 e. The third kappa shape index (κ3) is 2.94. The number of hydrogen-bond acceptors (Lipinski definition) is 4. The highest BCUT2D eigenvalue weighted by atomic mass is 32.1. The quantitative estimate of drug-likeness (QED) is 0.845. The maximum absolute atomic E-state index is 11.6. The number of rotatable bonds is 4. The predicted octanol–water partition coefficient (Wildman–Crippen LogP) is 1.15. The van der Waals surface area contributed by atoms with Gasteiger partial charge in [-0.2, -0.15) is 0 Å². The molecule has 0 atom stereocenters. The Morgan fingerprint density at radius 3 is 2.88 bits per heavy atom. The average Bonchev–Trinajstić information content (AvgIpc) is 3.03. The molecule has 1 fully saturated rings. The van der Waals surface area contributed by atoms with Crippen molar-refractivity contribution < 1.29 is 14.7 Å². The van der Waals surface area contributed by atoms with Gasteiger partial charge in [0.05, 0.1) is 6.54 Å². The van der Waals surface area contributed by atoms with E-state index < -0.39 is 5.97 Å². The molecule has 0 bridgehead atoms. The second kappa shape index (κ2) is 4.70. The fraction of sp³-hybridized carbons (Fsp3) is 0.500. The van der Waals surface area contributed by atoms with E-state index in [-0.39, 0.29) is 18.3 Å². The summed E-state index contributed by atoms with van der Waals surface area (Å²) in [5, 5.41) is 13.5. The van der Waals surface area contributed by atoms with Gasteiger partial charge in [-0.05, 0) is 12.8 Å². The van der Waals surface area contributed by atoms with Gasteiger partial charge in [-0.15, -0.1) is 11.3 Å². The molecule has 6 nitrogen and oxygen atoms in total. The molecule has 92 valence electrons. The molecule has 1 aliphatic carbocycles. The summed E-state index contributed by atoms with van der Waals surface area (Å²) in [6.07, 6.45) is 2.12. The van der Waals surface area contributed by atoms with Crippen molar-refractivity contribution in [3.05, 3.63) is 16.1 Å². The van der Waals surface area contributed by atoms with E-state index in [0.29, 0.717) is 11.0 Å². The Kier molecular flexibility index (Phi) is 3.28. The third-order valence-corrected chi connectivity index (χ3v) is 3.43. The smallest absolute Gasteiger partial charge is 0.355 e. The van der Waals surface area contributed by atoms with E-state index in [0.717, 1.165) is 12.8 Å². The highest BCUT2D eigenvalue weighted by molar-refractivity contribution is 7.09. The Morgan fingerprint density at radius 2 is 2.35 bits per heavy atom. The van der Waals surface area contributed by atoms with E-state index in [2.05, 4.69) is 10.3 Å². The molecule has 1 heterocycles. The Morgan fingerprint density at radius 1 is 1.65 bits per heavy atom. The Hall–Kier alpha value is -1.63. The molecule has 7 heteroatoms. The summed E-state index contributed by atoms with van der Waals surface area (Å²) in [7, 11) is 1.76. The van der Waals surface area contributed by atoms with Crippen LogP contribution >= 0.6 is 11.3 Å². The number of carboxylic acid groups (broad SMARTS) is 1. The fourth-order valence-corrected chi connectivity index (χ4v) is 2.10. The van der Waals surface area contributed by atoms with Crippen LogP contribution in [0, 0.1) is 0 Å². The highest BCUT2D eigenvalue weighted by Crippen LogP contribution is 2.25. The molecule has 2 N–H and O–H groups in total. The van der Waals surface area contributed by atoms with Crippen LogP contribution in [0.1, 0.15) is 28.3 Å². The summed E-state index contributed by atoms with van der Waals surface area (Å²) in [6.45, 7) is 0.272.